The van der Waals surface area contributed by atoms with E-state index in [0.29, 0.717) is 6.42 Å². The summed E-state index contributed by atoms with van der Waals surface area (Å²) in [6, 6.07) is 0. The molecule has 0 aliphatic carbocycles. The van der Waals surface area contributed by atoms with Crippen molar-refractivity contribution in [1.29, 1.82) is 0 Å². The second-order valence-corrected chi connectivity index (χ2v) is 5.36. The first-order chi connectivity index (χ1) is 10.3. The number of esters is 1. The average Bonchev–Trinajstić information content (AvgIpc) is 2.53. The molecule has 1 rings (SSSR count). The van der Waals surface area contributed by atoms with Gasteiger partial charge in [-0.2, -0.15) is 0 Å². The van der Waals surface area contributed by atoms with Gasteiger partial charge in [0.05, 0.1) is 7.11 Å². The molecule has 0 unspecified atom stereocenters. The number of rotatable bonds is 8. The molecule has 0 bridgehead atoms. The number of likely N-dealkylation sites (tertiary alicyclic amines) is 1. The lowest BCUT2D eigenvalue weighted by atomic mass is 10.1. The largest absolute Gasteiger partial charge is 0.469 e. The number of ether oxygens (including phenoxy) is 1. The van der Waals surface area contributed by atoms with Crippen LogP contribution in [0.3, 0.4) is 0 Å². The summed E-state index contributed by atoms with van der Waals surface area (Å²) in [5.74, 6) is 0.698. The zero-order valence-electron chi connectivity index (χ0n) is 13.9. The Morgan fingerprint density at radius 1 is 1.14 bits per heavy atom. The summed E-state index contributed by atoms with van der Waals surface area (Å²) in [6.07, 6.45) is 6.28. The second kappa shape index (κ2) is 14.0. The third-order valence-corrected chi connectivity index (χ3v) is 3.72. The number of guanidine groups is 1. The van der Waals surface area contributed by atoms with E-state index in [-0.39, 0.29) is 29.9 Å². The van der Waals surface area contributed by atoms with Crippen LogP contribution in [0.4, 0.5) is 0 Å². The van der Waals surface area contributed by atoms with Crippen LogP contribution in [-0.2, 0) is 9.53 Å². The van der Waals surface area contributed by atoms with E-state index in [2.05, 4.69) is 25.3 Å². The highest BCUT2D eigenvalue weighted by Gasteiger charge is 2.09. The van der Waals surface area contributed by atoms with Crippen LogP contribution in [0.5, 0.6) is 0 Å². The molecule has 1 heterocycles. The van der Waals surface area contributed by atoms with Gasteiger partial charge in [-0.25, -0.2) is 0 Å². The smallest absolute Gasteiger partial charge is 0.305 e. The molecule has 6 nitrogen and oxygen atoms in total. The summed E-state index contributed by atoms with van der Waals surface area (Å²) in [6.45, 7) is 5.26. The van der Waals surface area contributed by atoms with Crippen molar-refractivity contribution in [3.8, 4) is 0 Å². The van der Waals surface area contributed by atoms with Gasteiger partial charge < -0.3 is 20.3 Å². The number of unbranched alkanes of at least 4 members (excludes halogenated alkanes) is 1. The summed E-state index contributed by atoms with van der Waals surface area (Å²) < 4.78 is 4.61. The summed E-state index contributed by atoms with van der Waals surface area (Å²) in [4.78, 5) is 17.7. The fourth-order valence-corrected chi connectivity index (χ4v) is 2.44. The zero-order valence-corrected chi connectivity index (χ0v) is 16.2. The molecule has 0 saturated carbocycles. The van der Waals surface area contributed by atoms with Gasteiger partial charge in [-0.15, -0.1) is 24.0 Å². The van der Waals surface area contributed by atoms with E-state index in [9.17, 15) is 4.79 Å². The fraction of sp³-hybridized carbons (Fsp3) is 0.867. The number of nitrogens with one attached hydrogen (secondary N) is 2. The Hall–Kier alpha value is -0.570. The number of carbonyl (C=O) groups is 1. The monoisotopic (exact) mass is 426 g/mol. The SMILES string of the molecule is CN=C(NCCCCC(=O)OC)NCCN1CCCCC1.I. The lowest BCUT2D eigenvalue weighted by Gasteiger charge is -2.26. The highest BCUT2D eigenvalue weighted by atomic mass is 127. The van der Waals surface area contributed by atoms with Crippen molar-refractivity contribution in [2.45, 2.75) is 38.5 Å². The van der Waals surface area contributed by atoms with Crippen LogP contribution < -0.4 is 10.6 Å². The number of hydrogen-bond donors (Lipinski definition) is 2. The van der Waals surface area contributed by atoms with E-state index in [0.717, 1.165) is 38.4 Å². The molecule has 1 aliphatic rings. The third kappa shape index (κ3) is 10.2. The molecule has 0 spiro atoms. The van der Waals surface area contributed by atoms with E-state index in [1.807, 2.05) is 0 Å². The Morgan fingerprint density at radius 3 is 2.45 bits per heavy atom. The molecule has 2 N–H and O–H groups in total. The van der Waals surface area contributed by atoms with Crippen LogP contribution in [0, 0.1) is 0 Å². The van der Waals surface area contributed by atoms with Crippen molar-refractivity contribution >= 4 is 35.9 Å². The highest BCUT2D eigenvalue weighted by molar-refractivity contribution is 14.0. The maximum atomic E-state index is 11.0. The lowest BCUT2D eigenvalue weighted by molar-refractivity contribution is -0.140. The van der Waals surface area contributed by atoms with Crippen LogP contribution >= 0.6 is 24.0 Å². The number of methoxy groups -OCH3 is 1. The van der Waals surface area contributed by atoms with Gasteiger partial charge in [0.1, 0.15) is 0 Å². The Morgan fingerprint density at radius 2 is 1.82 bits per heavy atom. The topological polar surface area (TPSA) is 66.0 Å². The number of carbonyl (C=O) groups excluding carboxylic acids is 1. The molecule has 0 aromatic rings. The normalized spacial score (nSPS) is 15.8. The van der Waals surface area contributed by atoms with Crippen molar-refractivity contribution in [2.24, 2.45) is 4.99 Å². The highest BCUT2D eigenvalue weighted by Crippen LogP contribution is 2.07. The van der Waals surface area contributed by atoms with Crippen LogP contribution in [-0.4, -0.2) is 63.7 Å². The maximum absolute atomic E-state index is 11.0. The molecule has 22 heavy (non-hydrogen) atoms. The first-order valence-electron chi connectivity index (χ1n) is 8.00. The quantitative estimate of drug-likeness (QED) is 0.203. The van der Waals surface area contributed by atoms with E-state index < -0.39 is 0 Å². The third-order valence-electron chi connectivity index (χ3n) is 3.72. The maximum Gasteiger partial charge on any atom is 0.305 e. The summed E-state index contributed by atoms with van der Waals surface area (Å²) in [7, 11) is 3.21. The molecule has 0 aromatic carbocycles. The van der Waals surface area contributed by atoms with Crippen molar-refractivity contribution in [3.05, 3.63) is 0 Å². The minimum Gasteiger partial charge on any atom is -0.469 e. The van der Waals surface area contributed by atoms with Gasteiger partial charge in [0.25, 0.3) is 0 Å². The van der Waals surface area contributed by atoms with Gasteiger partial charge in [-0.3, -0.25) is 9.79 Å². The first-order valence-corrected chi connectivity index (χ1v) is 8.00. The van der Waals surface area contributed by atoms with Gasteiger partial charge in [0.2, 0.25) is 0 Å². The van der Waals surface area contributed by atoms with Crippen molar-refractivity contribution in [3.63, 3.8) is 0 Å². The minimum absolute atomic E-state index is 0. The molecule has 0 atom stereocenters. The number of halogens is 1. The molecule has 1 saturated heterocycles. The molecular formula is C15H31IN4O2. The standard InChI is InChI=1S/C15H30N4O2.HI/c1-16-15(17-9-5-4-8-14(20)21-2)18-10-13-19-11-6-3-7-12-19;/h3-13H2,1-2H3,(H2,16,17,18);1H. The van der Waals surface area contributed by atoms with Crippen LogP contribution in [0.1, 0.15) is 38.5 Å². The van der Waals surface area contributed by atoms with Gasteiger partial charge in [-0.05, 0) is 38.8 Å². The predicted molar refractivity (Wildman–Crippen MR) is 101 cm³/mol. The predicted octanol–water partition coefficient (Wildman–Crippen LogP) is 1.60. The Balaban J connectivity index is 0.00000441. The number of hydrogen-bond acceptors (Lipinski definition) is 4. The van der Waals surface area contributed by atoms with Crippen molar-refractivity contribution in [1.82, 2.24) is 15.5 Å². The molecule has 130 valence electrons. The van der Waals surface area contributed by atoms with Gasteiger partial charge in [0, 0.05) is 33.1 Å². The molecule has 7 heteroatoms. The zero-order chi connectivity index (χ0) is 15.3. The Kier molecular flexibility index (Phi) is 13.7. The van der Waals surface area contributed by atoms with E-state index in [1.54, 1.807) is 7.05 Å². The molecule has 1 aliphatic heterocycles. The number of nitrogens with zero attached hydrogens (tertiary/aromatic N) is 2. The van der Waals surface area contributed by atoms with Gasteiger partial charge in [0.15, 0.2) is 5.96 Å². The Bertz CT molecular complexity index is 321. The second-order valence-electron chi connectivity index (χ2n) is 5.36. The van der Waals surface area contributed by atoms with E-state index in [4.69, 9.17) is 0 Å². The summed E-state index contributed by atoms with van der Waals surface area (Å²) >= 11 is 0. The van der Waals surface area contributed by atoms with E-state index >= 15 is 0 Å². The first kappa shape index (κ1) is 21.4. The molecule has 1 fully saturated rings. The average molecular weight is 426 g/mol. The molecule has 0 aromatic heterocycles. The fourth-order valence-electron chi connectivity index (χ4n) is 2.44. The van der Waals surface area contributed by atoms with Gasteiger partial charge >= 0.3 is 5.97 Å². The van der Waals surface area contributed by atoms with E-state index in [1.165, 1.54) is 39.5 Å². The number of aliphatic imine (C=N–C) groups is 1. The Labute approximate surface area is 151 Å². The molecule has 0 radical (unpaired) electrons. The van der Waals surface area contributed by atoms with Crippen LogP contribution in [0.15, 0.2) is 4.99 Å². The number of piperidine rings is 1. The van der Waals surface area contributed by atoms with Crippen molar-refractivity contribution in [2.75, 3.05) is 46.9 Å². The minimum atomic E-state index is -0.140. The van der Waals surface area contributed by atoms with Crippen molar-refractivity contribution < 1.29 is 9.53 Å². The van der Waals surface area contributed by atoms with Crippen LogP contribution in [0.2, 0.25) is 0 Å². The molecule has 0 amide bonds. The molecular weight excluding hydrogens is 395 g/mol. The lowest BCUT2D eigenvalue weighted by Crippen LogP contribution is -2.42. The summed E-state index contributed by atoms with van der Waals surface area (Å²) in [5, 5.41) is 6.60. The summed E-state index contributed by atoms with van der Waals surface area (Å²) in [5.41, 5.74) is 0. The van der Waals surface area contributed by atoms with Gasteiger partial charge in [-0.1, -0.05) is 6.42 Å². The van der Waals surface area contributed by atoms with Crippen LogP contribution in [0.25, 0.3) is 0 Å².